The molecule has 0 aliphatic carbocycles. The fourth-order valence-corrected chi connectivity index (χ4v) is 2.97. The highest BCUT2D eigenvalue weighted by Gasteiger charge is 2.46. The monoisotopic (exact) mass is 275 g/mol. The molecule has 2 rings (SSSR count). The van der Waals surface area contributed by atoms with E-state index < -0.39 is 11.1 Å². The van der Waals surface area contributed by atoms with E-state index in [-0.39, 0.29) is 6.10 Å². The molecule has 0 saturated carbocycles. The molecule has 2 heterocycles. The number of hydrogen-bond donors (Lipinski definition) is 0. The van der Waals surface area contributed by atoms with Gasteiger partial charge in [0.05, 0.1) is 6.26 Å². The molecule has 0 spiro atoms. The number of rotatable bonds is 3. The Kier molecular flexibility index (Phi) is 4.16. The SMILES string of the molecule is CC1(C)CC(O/C=C/c2cccnc2)CC(C)(C)N1[O]. The van der Waals surface area contributed by atoms with E-state index in [0.717, 1.165) is 18.4 Å². The summed E-state index contributed by atoms with van der Waals surface area (Å²) in [6.07, 6.45) is 8.68. The molecule has 1 saturated heterocycles. The van der Waals surface area contributed by atoms with Gasteiger partial charge in [-0.15, -0.1) is 10.3 Å². The molecular weight excluding hydrogens is 252 g/mol. The minimum Gasteiger partial charge on any atom is -0.498 e. The van der Waals surface area contributed by atoms with Gasteiger partial charge in [-0.2, -0.15) is 0 Å². The molecule has 1 aromatic rings. The average molecular weight is 275 g/mol. The van der Waals surface area contributed by atoms with Crippen molar-refractivity contribution in [2.45, 2.75) is 57.7 Å². The number of aromatic nitrogens is 1. The molecule has 1 aliphatic heterocycles. The first-order valence-electron chi connectivity index (χ1n) is 7.01. The van der Waals surface area contributed by atoms with Gasteiger partial charge in [-0.1, -0.05) is 6.07 Å². The number of hydroxylamine groups is 2. The average Bonchev–Trinajstić information content (AvgIpc) is 2.36. The van der Waals surface area contributed by atoms with E-state index in [0.29, 0.717) is 0 Å². The van der Waals surface area contributed by atoms with Crippen molar-refractivity contribution < 1.29 is 9.94 Å². The smallest absolute Gasteiger partial charge is 0.101 e. The molecule has 4 nitrogen and oxygen atoms in total. The lowest BCUT2D eigenvalue weighted by Gasteiger charge is -2.49. The molecule has 1 aliphatic rings. The van der Waals surface area contributed by atoms with Gasteiger partial charge in [0.15, 0.2) is 0 Å². The van der Waals surface area contributed by atoms with Crippen LogP contribution < -0.4 is 0 Å². The van der Waals surface area contributed by atoms with Gasteiger partial charge in [-0.3, -0.25) is 4.98 Å². The van der Waals surface area contributed by atoms with Crippen LogP contribution in [-0.2, 0) is 9.94 Å². The predicted molar refractivity (Wildman–Crippen MR) is 78.1 cm³/mol. The highest BCUT2D eigenvalue weighted by molar-refractivity contribution is 5.45. The molecule has 0 atom stereocenters. The van der Waals surface area contributed by atoms with Gasteiger partial charge < -0.3 is 4.74 Å². The van der Waals surface area contributed by atoms with E-state index >= 15 is 0 Å². The molecule has 0 bridgehead atoms. The van der Waals surface area contributed by atoms with Crippen molar-refractivity contribution in [3.8, 4) is 0 Å². The van der Waals surface area contributed by atoms with Gasteiger partial charge in [0.25, 0.3) is 0 Å². The lowest BCUT2D eigenvalue weighted by molar-refractivity contribution is -0.298. The third kappa shape index (κ3) is 3.38. The molecule has 0 aromatic carbocycles. The number of ether oxygens (including phenoxy) is 1. The number of pyridine rings is 1. The second-order valence-electron chi connectivity index (χ2n) is 6.67. The topological polar surface area (TPSA) is 45.3 Å². The highest BCUT2D eigenvalue weighted by Crippen LogP contribution is 2.38. The second kappa shape index (κ2) is 5.54. The molecule has 4 heteroatoms. The van der Waals surface area contributed by atoms with Gasteiger partial charge in [0.2, 0.25) is 0 Å². The highest BCUT2D eigenvalue weighted by atomic mass is 16.5. The van der Waals surface area contributed by atoms with Crippen molar-refractivity contribution in [2.24, 2.45) is 0 Å². The lowest BCUT2D eigenvalue weighted by atomic mass is 9.80. The fourth-order valence-electron chi connectivity index (χ4n) is 2.97. The van der Waals surface area contributed by atoms with Crippen molar-refractivity contribution >= 4 is 6.08 Å². The van der Waals surface area contributed by atoms with Crippen molar-refractivity contribution in [2.75, 3.05) is 0 Å². The summed E-state index contributed by atoms with van der Waals surface area (Å²) in [7, 11) is 0. The predicted octanol–water partition coefficient (Wildman–Crippen LogP) is 3.44. The Labute approximate surface area is 121 Å². The van der Waals surface area contributed by atoms with Crippen LogP contribution in [0.1, 0.15) is 46.1 Å². The summed E-state index contributed by atoms with van der Waals surface area (Å²) in [6, 6.07) is 3.86. The summed E-state index contributed by atoms with van der Waals surface area (Å²) in [4.78, 5) is 4.05. The second-order valence-corrected chi connectivity index (χ2v) is 6.67. The van der Waals surface area contributed by atoms with Crippen LogP contribution in [0.3, 0.4) is 0 Å². The number of nitrogens with zero attached hydrogens (tertiary/aromatic N) is 2. The first-order valence-corrected chi connectivity index (χ1v) is 7.01. The third-order valence-electron chi connectivity index (χ3n) is 3.77. The van der Waals surface area contributed by atoms with Crippen molar-refractivity contribution in [3.05, 3.63) is 36.4 Å². The maximum Gasteiger partial charge on any atom is 0.101 e. The van der Waals surface area contributed by atoms with E-state index in [1.54, 1.807) is 18.7 Å². The van der Waals surface area contributed by atoms with Gasteiger partial charge >= 0.3 is 0 Å². The van der Waals surface area contributed by atoms with Crippen LogP contribution in [0.2, 0.25) is 0 Å². The zero-order valence-electron chi connectivity index (χ0n) is 12.7. The first kappa shape index (κ1) is 15.0. The Balaban J connectivity index is 1.99. The molecule has 1 aromatic heterocycles. The van der Waals surface area contributed by atoms with Crippen LogP contribution in [0.4, 0.5) is 0 Å². The van der Waals surface area contributed by atoms with Crippen molar-refractivity contribution in [3.63, 3.8) is 0 Å². The van der Waals surface area contributed by atoms with Gasteiger partial charge in [0.1, 0.15) is 6.10 Å². The summed E-state index contributed by atoms with van der Waals surface area (Å²) >= 11 is 0. The molecular formula is C16H23N2O2. The van der Waals surface area contributed by atoms with Crippen molar-refractivity contribution in [1.82, 2.24) is 10.0 Å². The largest absolute Gasteiger partial charge is 0.498 e. The first-order chi connectivity index (χ1) is 9.31. The number of hydrogen-bond acceptors (Lipinski definition) is 3. The van der Waals surface area contributed by atoms with E-state index in [4.69, 9.17) is 4.74 Å². The normalized spacial score (nSPS) is 23.1. The summed E-state index contributed by atoms with van der Waals surface area (Å²) in [6.45, 7) is 7.90. The van der Waals surface area contributed by atoms with Crippen LogP contribution in [0.25, 0.3) is 6.08 Å². The Morgan fingerprint density at radius 1 is 1.30 bits per heavy atom. The van der Waals surface area contributed by atoms with Gasteiger partial charge in [0, 0.05) is 36.3 Å². The zero-order valence-corrected chi connectivity index (χ0v) is 12.7. The van der Waals surface area contributed by atoms with Gasteiger partial charge in [-0.05, 0) is 45.4 Å². The maximum atomic E-state index is 12.2. The fraction of sp³-hybridized carbons (Fsp3) is 0.562. The maximum absolute atomic E-state index is 12.2. The van der Waals surface area contributed by atoms with E-state index in [1.807, 2.05) is 45.9 Å². The quantitative estimate of drug-likeness (QED) is 0.794. The minimum absolute atomic E-state index is 0.0677. The van der Waals surface area contributed by atoms with Crippen LogP contribution in [0.5, 0.6) is 0 Å². The van der Waals surface area contributed by atoms with E-state index in [1.165, 1.54) is 5.06 Å². The van der Waals surface area contributed by atoms with Crippen LogP contribution in [-0.4, -0.2) is 27.2 Å². The molecule has 109 valence electrons. The summed E-state index contributed by atoms with van der Waals surface area (Å²) in [5, 5.41) is 13.5. The Morgan fingerprint density at radius 3 is 2.50 bits per heavy atom. The van der Waals surface area contributed by atoms with Crippen LogP contribution in [0.15, 0.2) is 30.8 Å². The number of piperidine rings is 1. The molecule has 0 amide bonds. The van der Waals surface area contributed by atoms with Crippen molar-refractivity contribution in [1.29, 1.82) is 0 Å². The minimum atomic E-state index is -0.394. The van der Waals surface area contributed by atoms with Crippen LogP contribution in [0, 0.1) is 0 Å². The Hall–Kier alpha value is -1.39. The summed E-state index contributed by atoms with van der Waals surface area (Å²) < 4.78 is 5.83. The Bertz CT molecular complexity index is 451. The molecule has 1 radical (unpaired) electrons. The van der Waals surface area contributed by atoms with Crippen LogP contribution >= 0.6 is 0 Å². The molecule has 0 unspecified atom stereocenters. The van der Waals surface area contributed by atoms with E-state index in [2.05, 4.69) is 4.98 Å². The Morgan fingerprint density at radius 2 is 1.95 bits per heavy atom. The van der Waals surface area contributed by atoms with Gasteiger partial charge in [-0.25, -0.2) is 0 Å². The summed E-state index contributed by atoms with van der Waals surface area (Å²) in [5.41, 5.74) is 0.218. The van der Waals surface area contributed by atoms with E-state index in [9.17, 15) is 5.21 Å². The molecule has 0 N–H and O–H groups in total. The molecule has 1 fully saturated rings. The molecule has 20 heavy (non-hydrogen) atoms. The third-order valence-corrected chi connectivity index (χ3v) is 3.77. The zero-order chi connectivity index (χ0) is 14.8. The summed E-state index contributed by atoms with van der Waals surface area (Å²) in [5.74, 6) is 0. The standard InChI is InChI=1S/C16H23N2O2/c1-15(2)10-14(11-16(3,4)18(15)19)20-9-7-13-6-5-8-17-12-13/h5-9,12,14H,10-11H2,1-4H3/b9-7+. The lowest BCUT2D eigenvalue weighted by Crippen LogP contribution is -2.59.